The van der Waals surface area contributed by atoms with Crippen LogP contribution in [0.25, 0.3) is 0 Å². The number of carbonyl (C=O) groups is 1. The van der Waals surface area contributed by atoms with Gasteiger partial charge in [-0.3, -0.25) is 0 Å². The molecule has 0 spiro atoms. The van der Waals surface area contributed by atoms with Crippen molar-refractivity contribution in [1.82, 2.24) is 10.6 Å². The number of rotatable bonds is 5. The van der Waals surface area contributed by atoms with Crippen molar-refractivity contribution in [3.63, 3.8) is 0 Å². The molecule has 0 bridgehead atoms. The van der Waals surface area contributed by atoms with Crippen LogP contribution in [0.4, 0.5) is 4.79 Å². The van der Waals surface area contributed by atoms with Gasteiger partial charge in [-0.05, 0) is 26.0 Å². The number of benzene rings is 1. The van der Waals surface area contributed by atoms with Gasteiger partial charge in [0.1, 0.15) is 11.5 Å². The van der Waals surface area contributed by atoms with E-state index in [0.29, 0.717) is 17.1 Å². The SMILES string of the molecule is Cc1cc(CNC(=O)NCC(O)c2ccccc2Cl)c(C)o1. The molecule has 5 nitrogen and oxygen atoms in total. The Morgan fingerprint density at radius 1 is 1.32 bits per heavy atom. The number of aryl methyl sites for hydroxylation is 2. The predicted molar refractivity (Wildman–Crippen MR) is 84.8 cm³/mol. The van der Waals surface area contributed by atoms with Gasteiger partial charge in [-0.15, -0.1) is 0 Å². The van der Waals surface area contributed by atoms with Gasteiger partial charge in [0.25, 0.3) is 0 Å². The van der Waals surface area contributed by atoms with Crippen LogP contribution >= 0.6 is 11.6 Å². The summed E-state index contributed by atoms with van der Waals surface area (Å²) in [5.74, 6) is 1.60. The first-order chi connectivity index (χ1) is 10.5. The van der Waals surface area contributed by atoms with Gasteiger partial charge in [0.2, 0.25) is 0 Å². The summed E-state index contributed by atoms with van der Waals surface area (Å²) in [7, 11) is 0. The number of furan rings is 1. The minimum absolute atomic E-state index is 0.0823. The van der Waals surface area contributed by atoms with Crippen LogP contribution in [0.2, 0.25) is 5.02 Å². The van der Waals surface area contributed by atoms with Crippen LogP contribution in [-0.2, 0) is 6.54 Å². The molecule has 2 rings (SSSR count). The first-order valence-corrected chi connectivity index (χ1v) is 7.35. The van der Waals surface area contributed by atoms with Crippen LogP contribution in [0.1, 0.15) is 28.8 Å². The lowest BCUT2D eigenvalue weighted by Crippen LogP contribution is -2.37. The molecule has 0 saturated heterocycles. The van der Waals surface area contributed by atoms with Crippen molar-refractivity contribution in [3.05, 3.63) is 58.0 Å². The zero-order valence-corrected chi connectivity index (χ0v) is 13.3. The topological polar surface area (TPSA) is 74.5 Å². The number of hydrogen-bond donors (Lipinski definition) is 3. The monoisotopic (exact) mass is 322 g/mol. The Morgan fingerprint density at radius 2 is 2.05 bits per heavy atom. The predicted octanol–water partition coefficient (Wildman–Crippen LogP) is 3.08. The standard InChI is InChI=1S/C16H19ClN2O3/c1-10-7-12(11(2)22-10)8-18-16(21)19-9-15(20)13-5-3-4-6-14(13)17/h3-7,15,20H,8-9H2,1-2H3,(H2,18,19,21). The minimum Gasteiger partial charge on any atom is -0.466 e. The zero-order valence-electron chi connectivity index (χ0n) is 12.5. The second-order valence-electron chi connectivity index (χ2n) is 5.04. The molecule has 0 aliphatic carbocycles. The van der Waals surface area contributed by atoms with Gasteiger partial charge in [0.05, 0.1) is 6.10 Å². The molecular weight excluding hydrogens is 304 g/mol. The first kappa shape index (κ1) is 16.4. The van der Waals surface area contributed by atoms with E-state index in [-0.39, 0.29) is 12.6 Å². The normalized spacial score (nSPS) is 12.0. The summed E-state index contributed by atoms with van der Waals surface area (Å²) in [5, 5.41) is 15.9. The maximum Gasteiger partial charge on any atom is 0.315 e. The molecule has 1 aromatic carbocycles. The highest BCUT2D eigenvalue weighted by molar-refractivity contribution is 6.31. The molecule has 1 heterocycles. The summed E-state index contributed by atoms with van der Waals surface area (Å²) in [5.41, 5.74) is 1.52. The maximum absolute atomic E-state index is 11.8. The molecule has 0 fully saturated rings. The third kappa shape index (κ3) is 4.26. The number of carbonyl (C=O) groups excluding carboxylic acids is 1. The molecule has 0 radical (unpaired) electrons. The van der Waals surface area contributed by atoms with Crippen LogP contribution in [0.5, 0.6) is 0 Å². The Hall–Kier alpha value is -1.98. The van der Waals surface area contributed by atoms with E-state index in [9.17, 15) is 9.90 Å². The summed E-state index contributed by atoms with van der Waals surface area (Å²) < 4.78 is 5.39. The second kappa shape index (κ2) is 7.33. The molecule has 0 saturated carbocycles. The minimum atomic E-state index is -0.850. The Bertz CT molecular complexity index is 655. The fourth-order valence-electron chi connectivity index (χ4n) is 2.14. The van der Waals surface area contributed by atoms with Crippen molar-refractivity contribution in [1.29, 1.82) is 0 Å². The number of aliphatic hydroxyl groups is 1. The average Bonchev–Trinajstić information content (AvgIpc) is 2.81. The van der Waals surface area contributed by atoms with Gasteiger partial charge >= 0.3 is 6.03 Å². The third-order valence-electron chi connectivity index (χ3n) is 3.30. The second-order valence-corrected chi connectivity index (χ2v) is 5.45. The molecule has 1 unspecified atom stereocenters. The third-order valence-corrected chi connectivity index (χ3v) is 3.65. The van der Waals surface area contributed by atoms with Crippen LogP contribution in [0.15, 0.2) is 34.7 Å². The lowest BCUT2D eigenvalue weighted by atomic mass is 10.1. The van der Waals surface area contributed by atoms with Crippen molar-refractivity contribution >= 4 is 17.6 Å². The largest absolute Gasteiger partial charge is 0.466 e. The summed E-state index contributed by atoms with van der Waals surface area (Å²) in [4.78, 5) is 11.8. The van der Waals surface area contributed by atoms with E-state index >= 15 is 0 Å². The maximum atomic E-state index is 11.8. The number of urea groups is 1. The van der Waals surface area contributed by atoms with Crippen LogP contribution < -0.4 is 10.6 Å². The van der Waals surface area contributed by atoms with E-state index in [4.69, 9.17) is 16.0 Å². The summed E-state index contributed by atoms with van der Waals surface area (Å²) in [6.45, 7) is 4.16. The van der Waals surface area contributed by atoms with E-state index in [0.717, 1.165) is 17.1 Å². The quantitative estimate of drug-likeness (QED) is 0.792. The Labute approximate surface area is 134 Å². The molecule has 2 amide bonds. The summed E-state index contributed by atoms with van der Waals surface area (Å²) in [6, 6.07) is 8.52. The van der Waals surface area contributed by atoms with Gasteiger partial charge in [-0.25, -0.2) is 4.79 Å². The highest BCUT2D eigenvalue weighted by atomic mass is 35.5. The smallest absolute Gasteiger partial charge is 0.315 e. The number of halogens is 1. The highest BCUT2D eigenvalue weighted by Gasteiger charge is 2.12. The molecular formula is C16H19ClN2O3. The van der Waals surface area contributed by atoms with Gasteiger partial charge in [0, 0.05) is 29.2 Å². The van der Waals surface area contributed by atoms with Crippen molar-refractivity contribution < 1.29 is 14.3 Å². The van der Waals surface area contributed by atoms with Crippen LogP contribution in [0.3, 0.4) is 0 Å². The van der Waals surface area contributed by atoms with E-state index in [1.165, 1.54) is 0 Å². The number of hydrogen-bond acceptors (Lipinski definition) is 3. The Balaban J connectivity index is 1.80. The van der Waals surface area contributed by atoms with Gasteiger partial charge < -0.3 is 20.2 Å². The molecule has 3 N–H and O–H groups in total. The molecule has 0 aliphatic heterocycles. The highest BCUT2D eigenvalue weighted by Crippen LogP contribution is 2.21. The first-order valence-electron chi connectivity index (χ1n) is 6.97. The molecule has 22 heavy (non-hydrogen) atoms. The zero-order chi connectivity index (χ0) is 16.1. The van der Waals surface area contributed by atoms with Gasteiger partial charge in [-0.1, -0.05) is 29.8 Å². The number of aliphatic hydroxyl groups excluding tert-OH is 1. The van der Waals surface area contributed by atoms with Gasteiger partial charge in [0.15, 0.2) is 0 Å². The fraction of sp³-hybridized carbons (Fsp3) is 0.312. The Morgan fingerprint density at radius 3 is 2.68 bits per heavy atom. The molecule has 1 aromatic heterocycles. The lowest BCUT2D eigenvalue weighted by molar-refractivity contribution is 0.173. The Kier molecular flexibility index (Phi) is 5.46. The van der Waals surface area contributed by atoms with E-state index in [1.807, 2.05) is 19.9 Å². The van der Waals surface area contributed by atoms with Gasteiger partial charge in [-0.2, -0.15) is 0 Å². The van der Waals surface area contributed by atoms with Crippen molar-refractivity contribution in [2.24, 2.45) is 0 Å². The fourth-order valence-corrected chi connectivity index (χ4v) is 2.40. The molecule has 0 aliphatic rings. The molecule has 118 valence electrons. The molecule has 2 aromatic rings. The van der Waals surface area contributed by atoms with Crippen LogP contribution in [-0.4, -0.2) is 17.7 Å². The van der Waals surface area contributed by atoms with E-state index in [1.54, 1.807) is 24.3 Å². The number of nitrogens with one attached hydrogen (secondary N) is 2. The van der Waals surface area contributed by atoms with Crippen molar-refractivity contribution in [2.45, 2.75) is 26.5 Å². The van der Waals surface area contributed by atoms with Crippen molar-refractivity contribution in [3.8, 4) is 0 Å². The average molecular weight is 323 g/mol. The van der Waals surface area contributed by atoms with E-state index in [2.05, 4.69) is 10.6 Å². The van der Waals surface area contributed by atoms with E-state index < -0.39 is 6.10 Å². The lowest BCUT2D eigenvalue weighted by Gasteiger charge is -2.14. The number of amides is 2. The molecule has 1 atom stereocenters. The molecule has 6 heteroatoms. The summed E-state index contributed by atoms with van der Waals surface area (Å²) >= 11 is 6.00. The van der Waals surface area contributed by atoms with Crippen LogP contribution in [0, 0.1) is 13.8 Å². The van der Waals surface area contributed by atoms with Crippen molar-refractivity contribution in [2.75, 3.05) is 6.54 Å². The summed E-state index contributed by atoms with van der Waals surface area (Å²) in [6.07, 6.45) is -0.850.